The summed E-state index contributed by atoms with van der Waals surface area (Å²) in [6.45, 7) is 3.01. The number of rotatable bonds is 6. The van der Waals surface area contributed by atoms with Crippen LogP contribution in [0.1, 0.15) is 44.2 Å². The summed E-state index contributed by atoms with van der Waals surface area (Å²) >= 11 is 0. The number of carbonyl (C=O) groups excluding carboxylic acids is 2. The molecular weight excluding hydrogens is 278 g/mol. The molecule has 1 fully saturated rings. The first kappa shape index (κ1) is 16.7. The zero-order valence-electron chi connectivity index (χ0n) is 13.4. The minimum absolute atomic E-state index is 0.157. The highest BCUT2D eigenvalue weighted by molar-refractivity contribution is 5.76. The van der Waals surface area contributed by atoms with Gasteiger partial charge in [-0.3, -0.25) is 9.69 Å². The summed E-state index contributed by atoms with van der Waals surface area (Å²) in [6.07, 6.45) is 4.22. The maximum atomic E-state index is 12.3. The fourth-order valence-electron chi connectivity index (χ4n) is 3.49. The van der Waals surface area contributed by atoms with Crippen molar-refractivity contribution in [2.75, 3.05) is 13.7 Å². The Morgan fingerprint density at radius 3 is 2.77 bits per heavy atom. The number of carbonyl (C=O) groups is 2. The molecule has 1 saturated heterocycles. The lowest BCUT2D eigenvalue weighted by atomic mass is 9.84. The number of benzene rings is 1. The molecule has 1 aromatic rings. The first-order valence-electron chi connectivity index (χ1n) is 8.01. The van der Waals surface area contributed by atoms with Crippen molar-refractivity contribution in [1.29, 1.82) is 0 Å². The Hall–Kier alpha value is -1.68. The van der Waals surface area contributed by atoms with Crippen LogP contribution in [0.5, 0.6) is 0 Å². The molecule has 1 heterocycles. The van der Waals surface area contributed by atoms with Crippen molar-refractivity contribution in [3.05, 3.63) is 35.9 Å². The lowest BCUT2D eigenvalue weighted by molar-refractivity contribution is -0.152. The Labute approximate surface area is 132 Å². The summed E-state index contributed by atoms with van der Waals surface area (Å²) in [5.74, 6) is 0.0101. The number of aldehydes is 1. The Bertz CT molecular complexity index is 488. The fraction of sp³-hybridized carbons (Fsp3) is 0.556. The van der Waals surface area contributed by atoms with Gasteiger partial charge in [0, 0.05) is 12.5 Å². The number of piperidine rings is 1. The molecule has 0 bridgehead atoms. The molecule has 0 aliphatic carbocycles. The van der Waals surface area contributed by atoms with E-state index in [1.54, 1.807) is 0 Å². The summed E-state index contributed by atoms with van der Waals surface area (Å²) in [5.41, 5.74) is 1.20. The van der Waals surface area contributed by atoms with Gasteiger partial charge in [0.05, 0.1) is 7.11 Å². The molecule has 0 saturated carbocycles. The number of nitrogens with zero attached hydrogens (tertiary/aromatic N) is 1. The quantitative estimate of drug-likeness (QED) is 0.599. The lowest BCUT2D eigenvalue weighted by Gasteiger charge is -2.43. The molecule has 0 aromatic heterocycles. The van der Waals surface area contributed by atoms with Crippen molar-refractivity contribution in [3.8, 4) is 0 Å². The Morgan fingerprint density at radius 1 is 1.41 bits per heavy atom. The van der Waals surface area contributed by atoms with Crippen LogP contribution in [0.25, 0.3) is 0 Å². The normalized spacial score (nSPS) is 23.7. The van der Waals surface area contributed by atoms with Crippen molar-refractivity contribution in [2.45, 2.75) is 44.7 Å². The third-order valence-corrected chi connectivity index (χ3v) is 4.67. The molecule has 0 N–H and O–H groups in total. The molecular formula is C18H25NO3. The van der Waals surface area contributed by atoms with Crippen LogP contribution in [0.2, 0.25) is 0 Å². The van der Waals surface area contributed by atoms with Crippen LogP contribution < -0.4 is 0 Å². The van der Waals surface area contributed by atoms with Crippen molar-refractivity contribution in [3.63, 3.8) is 0 Å². The minimum Gasteiger partial charge on any atom is -0.468 e. The molecule has 120 valence electrons. The first-order valence-corrected chi connectivity index (χ1v) is 8.01. The average molecular weight is 303 g/mol. The van der Waals surface area contributed by atoms with Gasteiger partial charge in [0.25, 0.3) is 0 Å². The third kappa shape index (κ3) is 3.74. The Kier molecular flexibility index (Phi) is 6.13. The number of likely N-dealkylation sites (tertiary alicyclic amines) is 1. The van der Waals surface area contributed by atoms with Crippen LogP contribution in [0.4, 0.5) is 0 Å². The fourth-order valence-corrected chi connectivity index (χ4v) is 3.49. The zero-order valence-corrected chi connectivity index (χ0v) is 13.4. The molecule has 1 aromatic carbocycles. The van der Waals surface area contributed by atoms with Gasteiger partial charge in [-0.1, -0.05) is 30.3 Å². The van der Waals surface area contributed by atoms with E-state index < -0.39 is 0 Å². The highest BCUT2D eigenvalue weighted by Gasteiger charge is 2.39. The van der Waals surface area contributed by atoms with Gasteiger partial charge in [-0.15, -0.1) is 0 Å². The van der Waals surface area contributed by atoms with Crippen LogP contribution in [0.3, 0.4) is 0 Å². The van der Waals surface area contributed by atoms with Gasteiger partial charge in [0.15, 0.2) is 0 Å². The molecule has 3 atom stereocenters. The van der Waals surface area contributed by atoms with Crippen molar-refractivity contribution in [1.82, 2.24) is 4.90 Å². The monoisotopic (exact) mass is 303 g/mol. The van der Waals surface area contributed by atoms with Gasteiger partial charge in [-0.25, -0.2) is 0 Å². The first-order chi connectivity index (χ1) is 10.7. The van der Waals surface area contributed by atoms with E-state index in [4.69, 9.17) is 4.74 Å². The van der Waals surface area contributed by atoms with Crippen molar-refractivity contribution < 1.29 is 14.3 Å². The van der Waals surface area contributed by atoms with E-state index in [1.807, 2.05) is 18.2 Å². The molecule has 4 heteroatoms. The molecule has 0 amide bonds. The van der Waals surface area contributed by atoms with E-state index in [9.17, 15) is 9.59 Å². The van der Waals surface area contributed by atoms with Gasteiger partial charge in [-0.2, -0.15) is 0 Å². The highest BCUT2D eigenvalue weighted by atomic mass is 16.5. The van der Waals surface area contributed by atoms with Gasteiger partial charge in [0.1, 0.15) is 12.3 Å². The van der Waals surface area contributed by atoms with E-state index in [1.165, 1.54) is 12.7 Å². The predicted octanol–water partition coefficient (Wildman–Crippen LogP) is 2.98. The van der Waals surface area contributed by atoms with Crippen molar-refractivity contribution in [2.24, 2.45) is 5.92 Å². The molecule has 0 radical (unpaired) electrons. The molecule has 22 heavy (non-hydrogen) atoms. The molecule has 2 rings (SSSR count). The van der Waals surface area contributed by atoms with Gasteiger partial charge >= 0.3 is 5.97 Å². The SMILES string of the molecule is COC(=O)[C@@H]1[C@H](CCC=O)CCCN1[C@@H](C)c1ccccc1. The smallest absolute Gasteiger partial charge is 0.323 e. The summed E-state index contributed by atoms with van der Waals surface area (Å²) in [7, 11) is 1.44. The van der Waals surface area contributed by atoms with Crippen LogP contribution in [0.15, 0.2) is 30.3 Å². The van der Waals surface area contributed by atoms with E-state index in [0.29, 0.717) is 6.42 Å². The maximum absolute atomic E-state index is 12.3. The maximum Gasteiger partial charge on any atom is 0.323 e. The summed E-state index contributed by atoms with van der Waals surface area (Å²) in [6, 6.07) is 10.1. The second kappa shape index (κ2) is 8.08. The lowest BCUT2D eigenvalue weighted by Crippen LogP contribution is -2.51. The molecule has 1 aliphatic heterocycles. The minimum atomic E-state index is -0.256. The van der Waals surface area contributed by atoms with Gasteiger partial charge in [0.2, 0.25) is 0 Å². The van der Waals surface area contributed by atoms with Crippen LogP contribution in [-0.4, -0.2) is 36.9 Å². The molecule has 1 aliphatic rings. The average Bonchev–Trinajstić information content (AvgIpc) is 2.59. The Balaban J connectivity index is 2.22. The number of hydrogen-bond acceptors (Lipinski definition) is 4. The molecule has 0 unspecified atom stereocenters. The Morgan fingerprint density at radius 2 is 2.14 bits per heavy atom. The van der Waals surface area contributed by atoms with E-state index >= 15 is 0 Å². The topological polar surface area (TPSA) is 46.6 Å². The largest absolute Gasteiger partial charge is 0.468 e. The van der Waals surface area contributed by atoms with Crippen molar-refractivity contribution >= 4 is 12.3 Å². The molecule has 4 nitrogen and oxygen atoms in total. The van der Waals surface area contributed by atoms with E-state index in [-0.39, 0.29) is 24.0 Å². The third-order valence-electron chi connectivity index (χ3n) is 4.67. The zero-order chi connectivity index (χ0) is 15.9. The number of hydrogen-bond donors (Lipinski definition) is 0. The number of methoxy groups -OCH3 is 1. The second-order valence-corrected chi connectivity index (χ2v) is 5.94. The van der Waals surface area contributed by atoms with Crippen LogP contribution >= 0.6 is 0 Å². The summed E-state index contributed by atoms with van der Waals surface area (Å²) in [4.78, 5) is 25.3. The summed E-state index contributed by atoms with van der Waals surface area (Å²) in [5, 5.41) is 0. The number of ether oxygens (including phenoxy) is 1. The van der Waals surface area contributed by atoms with Gasteiger partial charge in [-0.05, 0) is 44.2 Å². The number of esters is 1. The van der Waals surface area contributed by atoms with E-state index in [0.717, 1.165) is 32.1 Å². The second-order valence-electron chi connectivity index (χ2n) is 5.94. The molecule has 0 spiro atoms. The van der Waals surface area contributed by atoms with Crippen LogP contribution in [0, 0.1) is 5.92 Å². The predicted molar refractivity (Wildman–Crippen MR) is 85.4 cm³/mol. The standard InChI is InChI=1S/C18H25NO3/c1-14(15-8-4-3-5-9-15)19-12-6-10-16(11-7-13-20)17(19)18(21)22-2/h3-5,8-9,13-14,16-17H,6-7,10-12H2,1-2H3/t14-,16-,17-/m0/s1. The highest BCUT2D eigenvalue weighted by Crippen LogP contribution is 2.34. The van der Waals surface area contributed by atoms with Gasteiger partial charge < -0.3 is 9.53 Å². The van der Waals surface area contributed by atoms with Crippen LogP contribution in [-0.2, 0) is 14.3 Å². The summed E-state index contributed by atoms with van der Waals surface area (Å²) < 4.78 is 5.05. The van der Waals surface area contributed by atoms with E-state index in [2.05, 4.69) is 24.0 Å².